The van der Waals surface area contributed by atoms with E-state index < -0.39 is 11.6 Å². The predicted octanol–water partition coefficient (Wildman–Crippen LogP) is 2.46. The van der Waals surface area contributed by atoms with Gasteiger partial charge in [0.2, 0.25) is 5.91 Å². The van der Waals surface area contributed by atoms with Crippen LogP contribution in [0.15, 0.2) is 18.2 Å². The van der Waals surface area contributed by atoms with Crippen molar-refractivity contribution in [2.45, 2.75) is 31.7 Å². The SMILES string of the molecule is CN(C(=O)CC1CCCCN1)c1ccc(F)c(F)c1. The van der Waals surface area contributed by atoms with E-state index in [-0.39, 0.29) is 11.9 Å². The molecule has 1 amide bonds. The van der Waals surface area contributed by atoms with E-state index >= 15 is 0 Å². The van der Waals surface area contributed by atoms with Gasteiger partial charge in [-0.15, -0.1) is 0 Å². The average molecular weight is 268 g/mol. The highest BCUT2D eigenvalue weighted by molar-refractivity contribution is 5.93. The number of halogens is 2. The Morgan fingerprint density at radius 3 is 2.79 bits per heavy atom. The van der Waals surface area contributed by atoms with Gasteiger partial charge in [0.25, 0.3) is 0 Å². The fraction of sp³-hybridized carbons (Fsp3) is 0.500. The maximum atomic E-state index is 13.1. The first-order chi connectivity index (χ1) is 9.08. The van der Waals surface area contributed by atoms with Crippen LogP contribution in [-0.2, 0) is 4.79 Å². The Morgan fingerprint density at radius 1 is 1.37 bits per heavy atom. The number of amides is 1. The number of nitrogens with zero attached hydrogens (tertiary/aromatic N) is 1. The molecule has 1 aliphatic rings. The zero-order valence-electron chi connectivity index (χ0n) is 11.0. The molecule has 2 rings (SSSR count). The van der Waals surface area contributed by atoms with Crippen LogP contribution in [-0.4, -0.2) is 25.5 Å². The van der Waals surface area contributed by atoms with E-state index in [0.717, 1.165) is 37.9 Å². The highest BCUT2D eigenvalue weighted by Gasteiger charge is 2.20. The monoisotopic (exact) mass is 268 g/mol. The summed E-state index contributed by atoms with van der Waals surface area (Å²) < 4.78 is 26.0. The molecular formula is C14H18F2N2O. The van der Waals surface area contributed by atoms with Gasteiger partial charge in [0.05, 0.1) is 0 Å². The Labute approximate surface area is 111 Å². The summed E-state index contributed by atoms with van der Waals surface area (Å²) in [5.41, 5.74) is 0.375. The van der Waals surface area contributed by atoms with Crippen LogP contribution in [0.3, 0.4) is 0 Å². The minimum Gasteiger partial charge on any atom is -0.315 e. The van der Waals surface area contributed by atoms with Gasteiger partial charge >= 0.3 is 0 Å². The van der Waals surface area contributed by atoms with Gasteiger partial charge < -0.3 is 10.2 Å². The van der Waals surface area contributed by atoms with Crippen molar-refractivity contribution in [2.24, 2.45) is 0 Å². The summed E-state index contributed by atoms with van der Waals surface area (Å²) >= 11 is 0. The summed E-state index contributed by atoms with van der Waals surface area (Å²) in [4.78, 5) is 13.5. The molecule has 3 nitrogen and oxygen atoms in total. The zero-order valence-corrected chi connectivity index (χ0v) is 11.0. The van der Waals surface area contributed by atoms with Crippen molar-refractivity contribution >= 4 is 11.6 Å². The van der Waals surface area contributed by atoms with Crippen molar-refractivity contribution in [1.82, 2.24) is 5.32 Å². The second-order valence-electron chi connectivity index (χ2n) is 4.90. The fourth-order valence-corrected chi connectivity index (χ4v) is 2.28. The third kappa shape index (κ3) is 3.50. The van der Waals surface area contributed by atoms with Crippen molar-refractivity contribution in [2.75, 3.05) is 18.5 Å². The largest absolute Gasteiger partial charge is 0.315 e. The highest BCUT2D eigenvalue weighted by Crippen LogP contribution is 2.19. The van der Waals surface area contributed by atoms with E-state index in [4.69, 9.17) is 0 Å². The first-order valence-corrected chi connectivity index (χ1v) is 6.53. The van der Waals surface area contributed by atoms with Gasteiger partial charge in [-0.05, 0) is 31.5 Å². The van der Waals surface area contributed by atoms with Crippen LogP contribution in [0.25, 0.3) is 0 Å². The third-order valence-electron chi connectivity index (χ3n) is 3.50. The molecular weight excluding hydrogens is 250 g/mol. The number of carbonyl (C=O) groups is 1. The molecule has 1 aromatic rings. The predicted molar refractivity (Wildman–Crippen MR) is 70.0 cm³/mol. The molecule has 1 heterocycles. The van der Waals surface area contributed by atoms with Crippen molar-refractivity contribution in [3.05, 3.63) is 29.8 Å². The molecule has 0 bridgehead atoms. The highest BCUT2D eigenvalue weighted by atomic mass is 19.2. The standard InChI is InChI=1S/C14H18F2N2O/c1-18(11-5-6-12(15)13(16)9-11)14(19)8-10-4-2-3-7-17-10/h5-6,9-10,17H,2-4,7-8H2,1H3. The minimum absolute atomic E-state index is 0.0922. The summed E-state index contributed by atoms with van der Waals surface area (Å²) in [6.07, 6.45) is 3.64. The number of hydrogen-bond donors (Lipinski definition) is 1. The van der Waals surface area contributed by atoms with Gasteiger partial charge in [0.1, 0.15) is 0 Å². The van der Waals surface area contributed by atoms with E-state index in [1.54, 1.807) is 7.05 Å². The second-order valence-corrected chi connectivity index (χ2v) is 4.90. The topological polar surface area (TPSA) is 32.3 Å². The molecule has 19 heavy (non-hydrogen) atoms. The third-order valence-corrected chi connectivity index (χ3v) is 3.50. The Bertz CT molecular complexity index is 459. The number of benzene rings is 1. The first-order valence-electron chi connectivity index (χ1n) is 6.53. The molecule has 1 N–H and O–H groups in total. The molecule has 104 valence electrons. The second kappa shape index (κ2) is 6.10. The molecule has 0 radical (unpaired) electrons. The van der Waals surface area contributed by atoms with Gasteiger partial charge in [0, 0.05) is 31.3 Å². The number of rotatable bonds is 3. The Kier molecular flexibility index (Phi) is 4.47. The normalized spacial score (nSPS) is 19.2. The van der Waals surface area contributed by atoms with Crippen LogP contribution in [0, 0.1) is 11.6 Å². The summed E-state index contributed by atoms with van der Waals surface area (Å²) in [6.45, 7) is 0.937. The van der Waals surface area contributed by atoms with Crippen molar-refractivity contribution in [3.8, 4) is 0 Å². The zero-order chi connectivity index (χ0) is 13.8. The summed E-state index contributed by atoms with van der Waals surface area (Å²) in [5, 5.41) is 3.30. The van der Waals surface area contributed by atoms with E-state index in [2.05, 4.69) is 5.32 Å². The van der Waals surface area contributed by atoms with Crippen LogP contribution in [0.5, 0.6) is 0 Å². The molecule has 0 aliphatic carbocycles. The lowest BCUT2D eigenvalue weighted by Crippen LogP contribution is -2.39. The lowest BCUT2D eigenvalue weighted by atomic mass is 10.0. The molecule has 0 spiro atoms. The van der Waals surface area contributed by atoms with Crippen LogP contribution >= 0.6 is 0 Å². The number of piperidine rings is 1. The molecule has 0 aromatic heterocycles. The van der Waals surface area contributed by atoms with E-state index in [9.17, 15) is 13.6 Å². The first kappa shape index (κ1) is 13.9. The Balaban J connectivity index is 1.99. The number of carbonyl (C=O) groups excluding carboxylic acids is 1. The Hall–Kier alpha value is -1.49. The van der Waals surface area contributed by atoms with Crippen LogP contribution in [0.4, 0.5) is 14.5 Å². The summed E-state index contributed by atoms with van der Waals surface area (Å²) in [7, 11) is 1.58. The van der Waals surface area contributed by atoms with E-state index in [0.29, 0.717) is 12.1 Å². The molecule has 1 fully saturated rings. The molecule has 1 aliphatic heterocycles. The van der Waals surface area contributed by atoms with Gasteiger partial charge in [0.15, 0.2) is 11.6 Å². The molecule has 1 saturated heterocycles. The number of hydrogen-bond acceptors (Lipinski definition) is 2. The summed E-state index contributed by atoms with van der Waals surface area (Å²) in [5.74, 6) is -1.93. The van der Waals surface area contributed by atoms with Gasteiger partial charge in [-0.3, -0.25) is 4.79 Å². The van der Waals surface area contributed by atoms with Gasteiger partial charge in [-0.1, -0.05) is 6.42 Å². The van der Waals surface area contributed by atoms with Crippen molar-refractivity contribution < 1.29 is 13.6 Å². The summed E-state index contributed by atoms with van der Waals surface area (Å²) in [6, 6.07) is 3.67. The minimum atomic E-state index is -0.937. The van der Waals surface area contributed by atoms with Crippen LogP contribution in [0.2, 0.25) is 0 Å². The molecule has 1 aromatic carbocycles. The number of nitrogens with one attached hydrogen (secondary N) is 1. The lowest BCUT2D eigenvalue weighted by Gasteiger charge is -2.25. The van der Waals surface area contributed by atoms with Crippen molar-refractivity contribution in [3.63, 3.8) is 0 Å². The maximum absolute atomic E-state index is 13.1. The molecule has 0 saturated carbocycles. The number of anilines is 1. The fourth-order valence-electron chi connectivity index (χ4n) is 2.28. The van der Waals surface area contributed by atoms with Crippen LogP contribution in [0.1, 0.15) is 25.7 Å². The molecule has 1 unspecified atom stereocenters. The molecule has 5 heteroatoms. The Morgan fingerprint density at radius 2 is 2.16 bits per heavy atom. The smallest absolute Gasteiger partial charge is 0.228 e. The lowest BCUT2D eigenvalue weighted by molar-refractivity contribution is -0.118. The molecule has 1 atom stereocenters. The maximum Gasteiger partial charge on any atom is 0.228 e. The average Bonchev–Trinajstić information content (AvgIpc) is 2.42. The van der Waals surface area contributed by atoms with Gasteiger partial charge in [-0.25, -0.2) is 8.78 Å². The van der Waals surface area contributed by atoms with Crippen molar-refractivity contribution in [1.29, 1.82) is 0 Å². The van der Waals surface area contributed by atoms with Crippen LogP contribution < -0.4 is 10.2 Å². The quantitative estimate of drug-likeness (QED) is 0.913. The van der Waals surface area contributed by atoms with E-state index in [1.165, 1.54) is 11.0 Å². The van der Waals surface area contributed by atoms with E-state index in [1.807, 2.05) is 0 Å². The van der Waals surface area contributed by atoms with Gasteiger partial charge in [-0.2, -0.15) is 0 Å².